The molecule has 0 radical (unpaired) electrons. The second-order valence-electron chi connectivity index (χ2n) is 5.27. The highest BCUT2D eigenvalue weighted by Crippen LogP contribution is 2.17. The second-order valence-corrected chi connectivity index (χ2v) is 5.27. The van der Waals surface area contributed by atoms with Crippen molar-refractivity contribution in [1.82, 2.24) is 0 Å². The summed E-state index contributed by atoms with van der Waals surface area (Å²) in [7, 11) is 0. The molecule has 0 rings (SSSR count). The minimum atomic E-state index is 1.03. The Morgan fingerprint density at radius 1 is 0.586 bits per heavy atom. The Morgan fingerprint density at radius 2 is 1.00 bits per heavy atom. The molecule has 0 fully saturated rings. The third-order valence-electron chi connectivity index (χ3n) is 3.46. The monoisotopic (exact) mass is 396 g/mol. The van der Waals surface area contributed by atoms with Crippen LogP contribution < -0.4 is 0 Å². The molecule has 0 nitrogen and oxygen atoms in total. The number of hydrogen-bond donors (Lipinski definition) is 0. The molecule has 164 valence electrons. The SMILES string of the molecule is C=C\C(C)=C/C=C(C=C)/C(C=C)=C/C=C(C)/C(C=C)=C/CCC.CC.CC.CC. The van der Waals surface area contributed by atoms with E-state index in [1.165, 1.54) is 11.1 Å². The van der Waals surface area contributed by atoms with E-state index in [4.69, 9.17) is 0 Å². The fourth-order valence-electron chi connectivity index (χ4n) is 1.87. The number of hydrogen-bond acceptors (Lipinski definition) is 0. The summed E-state index contributed by atoms with van der Waals surface area (Å²) >= 11 is 0. The molecule has 0 aromatic rings. The molecule has 0 atom stereocenters. The maximum atomic E-state index is 3.91. The van der Waals surface area contributed by atoms with E-state index in [2.05, 4.69) is 58.4 Å². The molecule has 29 heavy (non-hydrogen) atoms. The molecule has 0 aliphatic carbocycles. The summed E-state index contributed by atoms with van der Waals surface area (Å²) in [5.74, 6) is 0. The van der Waals surface area contributed by atoms with Gasteiger partial charge in [-0.25, -0.2) is 0 Å². The molecule has 0 heteroatoms. The summed E-state index contributed by atoms with van der Waals surface area (Å²) in [6.45, 7) is 33.7. The fourth-order valence-corrected chi connectivity index (χ4v) is 1.87. The fraction of sp³-hybridized carbons (Fsp3) is 0.379. The van der Waals surface area contributed by atoms with Crippen molar-refractivity contribution in [3.05, 3.63) is 109 Å². The first-order valence-electron chi connectivity index (χ1n) is 11.0. The minimum absolute atomic E-state index is 1.03. The van der Waals surface area contributed by atoms with Gasteiger partial charge in [0.05, 0.1) is 0 Å². The zero-order valence-electron chi connectivity index (χ0n) is 20.9. The van der Waals surface area contributed by atoms with E-state index in [1.807, 2.05) is 84.9 Å². The lowest BCUT2D eigenvalue weighted by molar-refractivity contribution is 0.953. The topological polar surface area (TPSA) is 0 Å². The van der Waals surface area contributed by atoms with E-state index in [-0.39, 0.29) is 0 Å². The Hall–Kier alpha value is -2.34. The summed E-state index contributed by atoms with van der Waals surface area (Å²) in [5.41, 5.74) is 5.54. The van der Waals surface area contributed by atoms with Gasteiger partial charge in [0.1, 0.15) is 0 Å². The van der Waals surface area contributed by atoms with Gasteiger partial charge in [-0.1, -0.05) is 141 Å². The van der Waals surface area contributed by atoms with Crippen LogP contribution in [0.25, 0.3) is 0 Å². The molecule has 0 aromatic carbocycles. The Bertz CT molecular complexity index is 584. The molecule has 0 aromatic heterocycles. The van der Waals surface area contributed by atoms with E-state index in [0.717, 1.165) is 29.6 Å². The Labute approximate surface area is 184 Å². The lowest BCUT2D eigenvalue weighted by Crippen LogP contribution is -1.84. The molecule has 0 bridgehead atoms. The predicted octanol–water partition coefficient (Wildman–Crippen LogP) is 10.3. The van der Waals surface area contributed by atoms with Gasteiger partial charge in [0.2, 0.25) is 0 Å². The minimum Gasteiger partial charge on any atom is -0.0988 e. The van der Waals surface area contributed by atoms with Gasteiger partial charge in [-0.2, -0.15) is 0 Å². The molecular formula is C29H48. The van der Waals surface area contributed by atoms with Crippen molar-refractivity contribution in [3.8, 4) is 0 Å². The van der Waals surface area contributed by atoms with Gasteiger partial charge in [0.15, 0.2) is 0 Å². The van der Waals surface area contributed by atoms with Gasteiger partial charge in [-0.15, -0.1) is 0 Å². The molecule has 0 aliphatic rings. The van der Waals surface area contributed by atoms with E-state index in [9.17, 15) is 0 Å². The maximum absolute atomic E-state index is 3.91. The number of rotatable bonds is 10. The van der Waals surface area contributed by atoms with Gasteiger partial charge in [-0.3, -0.25) is 0 Å². The van der Waals surface area contributed by atoms with Crippen LogP contribution in [0.5, 0.6) is 0 Å². The van der Waals surface area contributed by atoms with Crippen LogP contribution in [0.4, 0.5) is 0 Å². The van der Waals surface area contributed by atoms with Crippen LogP contribution in [-0.4, -0.2) is 0 Å². The quantitative estimate of drug-likeness (QED) is 0.322. The van der Waals surface area contributed by atoms with Crippen LogP contribution in [0, 0.1) is 0 Å². The average molecular weight is 397 g/mol. The highest BCUT2D eigenvalue weighted by molar-refractivity contribution is 5.50. The maximum Gasteiger partial charge on any atom is -0.0190 e. The first-order chi connectivity index (χ1) is 14.0. The smallest absolute Gasteiger partial charge is 0.0190 e. The van der Waals surface area contributed by atoms with Crippen LogP contribution in [-0.2, 0) is 0 Å². The van der Waals surface area contributed by atoms with Crippen molar-refractivity contribution in [2.75, 3.05) is 0 Å². The average Bonchev–Trinajstić information content (AvgIpc) is 2.80. The molecule has 0 spiro atoms. The van der Waals surface area contributed by atoms with Crippen LogP contribution in [0.1, 0.15) is 75.2 Å². The first-order valence-corrected chi connectivity index (χ1v) is 11.0. The van der Waals surface area contributed by atoms with E-state index in [1.54, 1.807) is 0 Å². The van der Waals surface area contributed by atoms with Crippen molar-refractivity contribution in [2.45, 2.75) is 75.2 Å². The van der Waals surface area contributed by atoms with Gasteiger partial charge in [-0.05, 0) is 42.6 Å². The second kappa shape index (κ2) is 27.9. The third-order valence-corrected chi connectivity index (χ3v) is 3.46. The standard InChI is InChI=1S/C23H30.3C2H6/c1-8-13-14-21(10-3)20(7)16-18-23(12-5)22(11-4)17-15-19(6)9-2;3*1-2/h9-12,14-18H,2-5,8,13H2,1,6-7H3;3*1-2H3/b19-15-,20-16+,21-14+,22-17+,23-18+;;;. The summed E-state index contributed by atoms with van der Waals surface area (Å²) in [6.07, 6.45) is 20.1. The van der Waals surface area contributed by atoms with Crippen LogP contribution in [0.15, 0.2) is 109 Å². The van der Waals surface area contributed by atoms with Crippen molar-refractivity contribution < 1.29 is 0 Å². The van der Waals surface area contributed by atoms with Gasteiger partial charge < -0.3 is 0 Å². The Balaban J connectivity index is -0.000000472. The largest absolute Gasteiger partial charge is 0.0988 e. The number of allylic oxidation sites excluding steroid dienone is 14. The normalized spacial score (nSPS) is 12.1. The highest BCUT2D eigenvalue weighted by atomic mass is 14.0. The van der Waals surface area contributed by atoms with Gasteiger partial charge in [0, 0.05) is 0 Å². The Morgan fingerprint density at radius 3 is 1.34 bits per heavy atom. The summed E-state index contributed by atoms with van der Waals surface area (Å²) in [6, 6.07) is 0. The van der Waals surface area contributed by atoms with Gasteiger partial charge in [0.25, 0.3) is 0 Å². The molecule has 0 unspecified atom stereocenters. The summed E-state index contributed by atoms with van der Waals surface area (Å²) < 4.78 is 0. The van der Waals surface area contributed by atoms with Crippen molar-refractivity contribution in [2.24, 2.45) is 0 Å². The molecule has 0 N–H and O–H groups in total. The van der Waals surface area contributed by atoms with Gasteiger partial charge >= 0.3 is 0 Å². The molecule has 0 saturated carbocycles. The zero-order chi connectivity index (χ0) is 23.7. The summed E-state index contributed by atoms with van der Waals surface area (Å²) in [5, 5.41) is 0. The van der Waals surface area contributed by atoms with E-state index < -0.39 is 0 Å². The van der Waals surface area contributed by atoms with Crippen molar-refractivity contribution >= 4 is 0 Å². The first kappa shape index (κ1) is 34.2. The third kappa shape index (κ3) is 18.8. The molecule has 0 aliphatic heterocycles. The van der Waals surface area contributed by atoms with Crippen LogP contribution in [0.2, 0.25) is 0 Å². The van der Waals surface area contributed by atoms with Crippen molar-refractivity contribution in [3.63, 3.8) is 0 Å². The molecule has 0 heterocycles. The highest BCUT2D eigenvalue weighted by Gasteiger charge is 1.97. The lowest BCUT2D eigenvalue weighted by atomic mass is 10.0. The Kier molecular flexibility index (Phi) is 32.9. The molecule has 0 amide bonds. The van der Waals surface area contributed by atoms with Crippen LogP contribution >= 0.6 is 0 Å². The summed E-state index contributed by atoms with van der Waals surface area (Å²) in [4.78, 5) is 0. The predicted molar refractivity (Wildman–Crippen MR) is 142 cm³/mol. The van der Waals surface area contributed by atoms with Crippen molar-refractivity contribution in [1.29, 1.82) is 0 Å². The zero-order valence-corrected chi connectivity index (χ0v) is 20.9. The van der Waals surface area contributed by atoms with E-state index >= 15 is 0 Å². The van der Waals surface area contributed by atoms with E-state index in [0.29, 0.717) is 0 Å². The molecular weight excluding hydrogens is 348 g/mol. The van der Waals surface area contributed by atoms with Crippen LogP contribution in [0.3, 0.4) is 0 Å². The number of unbranched alkanes of at least 4 members (excludes halogenated alkanes) is 1. The lowest BCUT2D eigenvalue weighted by Gasteiger charge is -2.04. The molecule has 0 saturated heterocycles.